The van der Waals surface area contributed by atoms with E-state index < -0.39 is 0 Å². The minimum absolute atomic E-state index is 0.107. The molecule has 6 fully saturated rings. The van der Waals surface area contributed by atoms with Crippen LogP contribution in [0.1, 0.15) is 107 Å². The van der Waals surface area contributed by atoms with Gasteiger partial charge in [0, 0.05) is 22.6 Å². The molecule has 8 atom stereocenters. The maximum Gasteiger partial charge on any atom is 0.163 e. The van der Waals surface area contributed by atoms with E-state index in [0.717, 1.165) is 34.0 Å². The topological polar surface area (TPSA) is 36.9 Å². The van der Waals surface area contributed by atoms with Gasteiger partial charge in [-0.05, 0) is 64.7 Å². The van der Waals surface area contributed by atoms with E-state index in [0.29, 0.717) is 24.4 Å². The highest BCUT2D eigenvalue weighted by atomic mass is 31.1. The third-order valence-electron chi connectivity index (χ3n) is 9.60. The molecule has 6 aliphatic rings. The standard InChI is InChI=1S/2C14H25O2P/c2*1-9-12-13(16-14(3,4)15-12)10(2)17(9)11-7-5-6-8-11/h2*9-13H,5-8H2,1-4H3/t2*9-,10-,12+,13+/m00/s1. The van der Waals surface area contributed by atoms with Gasteiger partial charge in [-0.3, -0.25) is 0 Å². The maximum atomic E-state index is 6.14. The Morgan fingerprint density at radius 2 is 0.706 bits per heavy atom. The molecule has 34 heavy (non-hydrogen) atoms. The van der Waals surface area contributed by atoms with Gasteiger partial charge in [0.25, 0.3) is 0 Å². The Morgan fingerprint density at radius 3 is 0.941 bits per heavy atom. The summed E-state index contributed by atoms with van der Waals surface area (Å²) in [5.41, 5.74) is 4.92. The molecule has 0 unspecified atom stereocenters. The second kappa shape index (κ2) is 9.78. The summed E-state index contributed by atoms with van der Waals surface area (Å²) < 4.78 is 24.6. The zero-order chi connectivity index (χ0) is 24.4. The smallest absolute Gasteiger partial charge is 0.163 e. The van der Waals surface area contributed by atoms with Gasteiger partial charge in [-0.2, -0.15) is 0 Å². The second-order valence-electron chi connectivity index (χ2n) is 12.9. The molecule has 4 saturated heterocycles. The predicted octanol–water partition coefficient (Wildman–Crippen LogP) is 7.44. The molecule has 4 heterocycles. The van der Waals surface area contributed by atoms with E-state index in [-0.39, 0.29) is 27.4 Å². The SMILES string of the molecule is C[C@H]1[C@H]2OC(C)(C)O[C@@H]2[C@H](C)P1C1CCCC1.C[C@H]1[C@H]2OC(C)(C)O[C@@H]2[C@H](C)P1C1CCCC1. The molecular formula is C28H50O4P2. The number of hydrogen-bond acceptors (Lipinski definition) is 4. The van der Waals surface area contributed by atoms with Crippen molar-refractivity contribution in [3.05, 3.63) is 0 Å². The molecule has 0 bridgehead atoms. The van der Waals surface area contributed by atoms with Gasteiger partial charge >= 0.3 is 0 Å². The first-order valence-corrected chi connectivity index (χ1v) is 17.3. The van der Waals surface area contributed by atoms with E-state index in [1.54, 1.807) is 0 Å². The van der Waals surface area contributed by atoms with Gasteiger partial charge in [-0.15, -0.1) is 0 Å². The summed E-state index contributed by atoms with van der Waals surface area (Å²) in [6.45, 7) is 17.9. The Morgan fingerprint density at radius 1 is 0.471 bits per heavy atom. The zero-order valence-corrected chi connectivity index (χ0v) is 24.7. The van der Waals surface area contributed by atoms with Crippen LogP contribution in [0.2, 0.25) is 0 Å². The van der Waals surface area contributed by atoms with Crippen LogP contribution in [0.3, 0.4) is 0 Å². The summed E-state index contributed by atoms with van der Waals surface area (Å²) in [5, 5.41) is 0. The van der Waals surface area contributed by atoms with Crippen LogP contribution < -0.4 is 0 Å². The molecule has 0 aromatic carbocycles. The summed E-state index contributed by atoms with van der Waals surface area (Å²) in [4.78, 5) is 0. The lowest BCUT2D eigenvalue weighted by atomic mass is 10.1. The van der Waals surface area contributed by atoms with Crippen LogP contribution in [0.4, 0.5) is 0 Å². The van der Waals surface area contributed by atoms with Gasteiger partial charge in [-0.25, -0.2) is 0 Å². The fourth-order valence-electron chi connectivity index (χ4n) is 8.28. The lowest BCUT2D eigenvalue weighted by Gasteiger charge is -2.31. The summed E-state index contributed by atoms with van der Waals surface area (Å²) in [6.07, 6.45) is 13.1. The Hall–Kier alpha value is 0.700. The van der Waals surface area contributed by atoms with Crippen molar-refractivity contribution < 1.29 is 18.9 Å². The molecule has 0 radical (unpaired) electrons. The Kier molecular flexibility index (Phi) is 7.57. The predicted molar refractivity (Wildman–Crippen MR) is 144 cm³/mol. The van der Waals surface area contributed by atoms with Crippen molar-refractivity contribution in [3.8, 4) is 0 Å². The molecule has 2 saturated carbocycles. The number of fused-ring (bicyclic) bond motifs is 2. The lowest BCUT2D eigenvalue weighted by molar-refractivity contribution is -0.147. The maximum absolute atomic E-state index is 6.14. The van der Waals surface area contributed by atoms with Crippen LogP contribution in [0.5, 0.6) is 0 Å². The molecule has 2 aliphatic carbocycles. The van der Waals surface area contributed by atoms with E-state index in [1.165, 1.54) is 51.4 Å². The fraction of sp³-hybridized carbons (Fsp3) is 1.00. The van der Waals surface area contributed by atoms with Crippen molar-refractivity contribution in [1.82, 2.24) is 0 Å². The fourth-order valence-corrected chi connectivity index (χ4v) is 16.6. The van der Waals surface area contributed by atoms with Crippen molar-refractivity contribution >= 4 is 15.8 Å². The number of hydrogen-bond donors (Lipinski definition) is 0. The third-order valence-corrected chi connectivity index (χ3v) is 17.3. The molecule has 0 spiro atoms. The van der Waals surface area contributed by atoms with Crippen LogP contribution in [0.15, 0.2) is 0 Å². The Bertz CT molecular complexity index is 617. The van der Waals surface area contributed by atoms with Crippen molar-refractivity contribution in [2.24, 2.45) is 0 Å². The third kappa shape index (κ3) is 4.80. The molecule has 6 heteroatoms. The summed E-state index contributed by atoms with van der Waals surface area (Å²) in [6, 6.07) is 0. The van der Waals surface area contributed by atoms with E-state index >= 15 is 0 Å². The highest BCUT2D eigenvalue weighted by Crippen LogP contribution is 2.66. The highest BCUT2D eigenvalue weighted by Gasteiger charge is 2.58. The molecular weight excluding hydrogens is 462 g/mol. The van der Waals surface area contributed by atoms with Gasteiger partial charge in [0.15, 0.2) is 11.6 Å². The molecule has 0 N–H and O–H groups in total. The van der Waals surface area contributed by atoms with Gasteiger partial charge in [0.05, 0.1) is 24.4 Å². The molecule has 4 aliphatic heterocycles. The van der Waals surface area contributed by atoms with Crippen LogP contribution in [0.25, 0.3) is 0 Å². The second-order valence-corrected chi connectivity index (χ2v) is 19.4. The lowest BCUT2D eigenvalue weighted by Crippen LogP contribution is -2.27. The number of ether oxygens (including phenoxy) is 4. The minimum Gasteiger partial charge on any atom is -0.344 e. The molecule has 4 nitrogen and oxygen atoms in total. The van der Waals surface area contributed by atoms with Crippen LogP contribution in [-0.4, -0.2) is 69.9 Å². The van der Waals surface area contributed by atoms with Gasteiger partial charge < -0.3 is 18.9 Å². The van der Waals surface area contributed by atoms with Gasteiger partial charge in [0.1, 0.15) is 0 Å². The monoisotopic (exact) mass is 512 g/mol. The Labute approximate surface area is 211 Å². The highest BCUT2D eigenvalue weighted by molar-refractivity contribution is 7.60. The van der Waals surface area contributed by atoms with Crippen molar-refractivity contribution in [3.63, 3.8) is 0 Å². The number of rotatable bonds is 2. The van der Waals surface area contributed by atoms with Crippen molar-refractivity contribution in [1.29, 1.82) is 0 Å². The zero-order valence-electron chi connectivity index (χ0n) is 23.0. The first-order chi connectivity index (χ1) is 16.0. The molecule has 6 rings (SSSR count). The van der Waals surface area contributed by atoms with Gasteiger partial charge in [-0.1, -0.05) is 69.2 Å². The minimum atomic E-state index is -0.352. The molecule has 0 amide bonds. The first kappa shape index (κ1) is 26.3. The summed E-state index contributed by atoms with van der Waals surface area (Å²) in [7, 11) is 0.213. The van der Waals surface area contributed by atoms with Crippen molar-refractivity contribution in [2.75, 3.05) is 0 Å². The van der Waals surface area contributed by atoms with E-state index in [1.807, 2.05) is 0 Å². The van der Waals surface area contributed by atoms with Gasteiger partial charge in [0.2, 0.25) is 0 Å². The van der Waals surface area contributed by atoms with Crippen LogP contribution >= 0.6 is 15.8 Å². The first-order valence-electron chi connectivity index (χ1n) is 14.3. The molecule has 196 valence electrons. The van der Waals surface area contributed by atoms with Crippen LogP contribution in [-0.2, 0) is 18.9 Å². The average Bonchev–Trinajstić information content (AvgIpc) is 3.56. The summed E-state index contributed by atoms with van der Waals surface area (Å²) in [5.74, 6) is -0.704. The molecule has 0 aromatic rings. The summed E-state index contributed by atoms with van der Waals surface area (Å²) >= 11 is 0. The normalized spacial score (nSPS) is 49.8. The Balaban J connectivity index is 0.000000142. The van der Waals surface area contributed by atoms with E-state index in [9.17, 15) is 0 Å². The van der Waals surface area contributed by atoms with E-state index in [4.69, 9.17) is 18.9 Å². The van der Waals surface area contributed by atoms with Crippen molar-refractivity contribution in [2.45, 2.75) is 177 Å². The quantitative estimate of drug-likeness (QED) is 0.360. The average molecular weight is 513 g/mol. The van der Waals surface area contributed by atoms with E-state index in [2.05, 4.69) is 55.4 Å². The molecule has 0 aromatic heterocycles. The van der Waals surface area contributed by atoms with Crippen LogP contribution in [0, 0.1) is 0 Å². The largest absolute Gasteiger partial charge is 0.344 e.